The lowest BCUT2D eigenvalue weighted by molar-refractivity contribution is 0.0641. The van der Waals surface area contributed by atoms with Gasteiger partial charge in [0.1, 0.15) is 0 Å². The van der Waals surface area contributed by atoms with Gasteiger partial charge in [-0.1, -0.05) is 6.07 Å². The minimum absolute atomic E-state index is 0.0257. The molecule has 0 radical (unpaired) electrons. The maximum Gasteiger partial charge on any atom is 0.320 e. The smallest absolute Gasteiger partial charge is 0.320 e. The van der Waals surface area contributed by atoms with E-state index in [0.29, 0.717) is 50.5 Å². The quantitative estimate of drug-likeness (QED) is 0.860. The first kappa shape index (κ1) is 16.1. The van der Waals surface area contributed by atoms with Gasteiger partial charge in [0.05, 0.1) is 0 Å². The van der Waals surface area contributed by atoms with Crippen molar-refractivity contribution in [2.24, 2.45) is 0 Å². The van der Waals surface area contributed by atoms with Crippen LogP contribution in [0.2, 0.25) is 0 Å². The molecular formula is C16H24N4O2. The van der Waals surface area contributed by atoms with Gasteiger partial charge in [0.15, 0.2) is 0 Å². The predicted octanol–water partition coefficient (Wildman–Crippen LogP) is 1.49. The van der Waals surface area contributed by atoms with Crippen LogP contribution in [0.1, 0.15) is 24.2 Å². The number of carbonyl (C=O) groups is 2. The summed E-state index contributed by atoms with van der Waals surface area (Å²) in [5.41, 5.74) is 6.91. The predicted molar refractivity (Wildman–Crippen MR) is 86.6 cm³/mol. The third kappa shape index (κ3) is 3.50. The number of carbonyl (C=O) groups excluding carboxylic acids is 2. The number of nitrogen functional groups attached to an aromatic ring is 1. The van der Waals surface area contributed by atoms with Crippen LogP contribution in [0.3, 0.4) is 0 Å². The molecule has 1 heterocycles. The van der Waals surface area contributed by atoms with Crippen LogP contribution in [0.15, 0.2) is 24.3 Å². The summed E-state index contributed by atoms with van der Waals surface area (Å²) in [4.78, 5) is 30.1. The summed E-state index contributed by atoms with van der Waals surface area (Å²) in [5, 5.41) is 0. The van der Waals surface area contributed by atoms with Gasteiger partial charge in [-0.05, 0) is 32.0 Å². The summed E-state index contributed by atoms with van der Waals surface area (Å²) in [7, 11) is 0. The molecule has 6 nitrogen and oxygen atoms in total. The summed E-state index contributed by atoms with van der Waals surface area (Å²) in [6, 6.07) is 7.06. The Labute approximate surface area is 131 Å². The number of rotatable bonds is 3. The summed E-state index contributed by atoms with van der Waals surface area (Å²) in [5.74, 6) is -0.0257. The zero-order valence-electron chi connectivity index (χ0n) is 13.3. The number of hydrogen-bond acceptors (Lipinski definition) is 3. The Kier molecular flexibility index (Phi) is 5.25. The van der Waals surface area contributed by atoms with E-state index in [2.05, 4.69) is 0 Å². The number of piperazine rings is 1. The highest BCUT2D eigenvalue weighted by molar-refractivity contribution is 5.95. The van der Waals surface area contributed by atoms with Crippen molar-refractivity contribution in [2.75, 3.05) is 45.0 Å². The van der Waals surface area contributed by atoms with E-state index in [-0.39, 0.29) is 11.9 Å². The lowest BCUT2D eigenvalue weighted by Gasteiger charge is -2.37. The van der Waals surface area contributed by atoms with Gasteiger partial charge >= 0.3 is 6.03 Å². The van der Waals surface area contributed by atoms with Crippen LogP contribution in [-0.2, 0) is 0 Å². The monoisotopic (exact) mass is 304 g/mol. The highest BCUT2D eigenvalue weighted by Crippen LogP contribution is 2.12. The van der Waals surface area contributed by atoms with E-state index in [4.69, 9.17) is 5.73 Å². The zero-order valence-corrected chi connectivity index (χ0v) is 13.3. The van der Waals surface area contributed by atoms with Gasteiger partial charge in [0.25, 0.3) is 5.91 Å². The topological polar surface area (TPSA) is 69.9 Å². The Morgan fingerprint density at radius 3 is 2.23 bits per heavy atom. The fourth-order valence-corrected chi connectivity index (χ4v) is 2.65. The average Bonchev–Trinajstić information content (AvgIpc) is 2.55. The van der Waals surface area contributed by atoms with Crippen molar-refractivity contribution >= 4 is 17.6 Å². The zero-order chi connectivity index (χ0) is 16.1. The number of hydrogen-bond donors (Lipinski definition) is 1. The normalized spacial score (nSPS) is 14.8. The molecule has 1 fully saturated rings. The van der Waals surface area contributed by atoms with Crippen LogP contribution < -0.4 is 5.73 Å². The van der Waals surface area contributed by atoms with E-state index >= 15 is 0 Å². The largest absolute Gasteiger partial charge is 0.399 e. The van der Waals surface area contributed by atoms with E-state index in [0.717, 1.165) is 0 Å². The highest BCUT2D eigenvalue weighted by atomic mass is 16.2. The lowest BCUT2D eigenvalue weighted by atomic mass is 10.1. The first-order chi connectivity index (χ1) is 10.6. The third-order valence-electron chi connectivity index (χ3n) is 4.00. The Bertz CT molecular complexity index is 535. The molecule has 3 amide bonds. The SMILES string of the molecule is CCN(CC)C(=O)N1CCN(C(=O)c2cccc(N)c2)CC1. The van der Waals surface area contributed by atoms with Crippen molar-refractivity contribution in [1.29, 1.82) is 0 Å². The number of urea groups is 1. The molecule has 0 aromatic heterocycles. The van der Waals surface area contributed by atoms with Crippen LogP contribution in [0.5, 0.6) is 0 Å². The van der Waals surface area contributed by atoms with Gasteiger partial charge in [0, 0.05) is 50.5 Å². The number of amides is 3. The first-order valence-corrected chi connectivity index (χ1v) is 7.75. The molecule has 0 unspecified atom stereocenters. The minimum atomic E-state index is -0.0257. The molecule has 2 rings (SSSR count). The second kappa shape index (κ2) is 7.15. The summed E-state index contributed by atoms with van der Waals surface area (Å²) in [6.45, 7) is 7.62. The molecule has 0 spiro atoms. The van der Waals surface area contributed by atoms with Gasteiger partial charge in [0.2, 0.25) is 0 Å². The second-order valence-corrected chi connectivity index (χ2v) is 5.36. The molecule has 1 aliphatic rings. The Morgan fingerprint density at radius 2 is 1.68 bits per heavy atom. The third-order valence-corrected chi connectivity index (χ3v) is 4.00. The number of nitrogens with two attached hydrogens (primary N) is 1. The molecular weight excluding hydrogens is 280 g/mol. The maximum atomic E-state index is 12.4. The molecule has 2 N–H and O–H groups in total. The van der Waals surface area contributed by atoms with E-state index in [1.54, 1.807) is 34.1 Å². The van der Waals surface area contributed by atoms with Crippen molar-refractivity contribution in [3.63, 3.8) is 0 Å². The number of nitrogens with zero attached hydrogens (tertiary/aromatic N) is 3. The van der Waals surface area contributed by atoms with Crippen LogP contribution in [0, 0.1) is 0 Å². The molecule has 0 aliphatic carbocycles. The van der Waals surface area contributed by atoms with Gasteiger partial charge < -0.3 is 20.4 Å². The van der Waals surface area contributed by atoms with Crippen molar-refractivity contribution in [1.82, 2.24) is 14.7 Å². The standard InChI is InChI=1S/C16H24N4O2/c1-3-18(4-2)16(22)20-10-8-19(9-11-20)15(21)13-6-5-7-14(17)12-13/h5-7,12H,3-4,8-11,17H2,1-2H3. The summed E-state index contributed by atoms with van der Waals surface area (Å²) < 4.78 is 0. The molecule has 22 heavy (non-hydrogen) atoms. The highest BCUT2D eigenvalue weighted by Gasteiger charge is 2.26. The number of benzene rings is 1. The van der Waals surface area contributed by atoms with Crippen LogP contribution in [0.4, 0.5) is 10.5 Å². The van der Waals surface area contributed by atoms with E-state index in [9.17, 15) is 9.59 Å². The first-order valence-electron chi connectivity index (χ1n) is 7.75. The average molecular weight is 304 g/mol. The summed E-state index contributed by atoms with van der Waals surface area (Å²) in [6.07, 6.45) is 0. The summed E-state index contributed by atoms with van der Waals surface area (Å²) >= 11 is 0. The fourth-order valence-electron chi connectivity index (χ4n) is 2.65. The molecule has 6 heteroatoms. The Morgan fingerprint density at radius 1 is 1.09 bits per heavy atom. The molecule has 1 aromatic carbocycles. The maximum absolute atomic E-state index is 12.4. The molecule has 0 bridgehead atoms. The molecule has 120 valence electrons. The Balaban J connectivity index is 1.94. The molecule has 1 aliphatic heterocycles. The lowest BCUT2D eigenvalue weighted by Crippen LogP contribution is -2.54. The van der Waals surface area contributed by atoms with Crippen LogP contribution >= 0.6 is 0 Å². The molecule has 0 atom stereocenters. The van der Waals surface area contributed by atoms with E-state index in [1.165, 1.54) is 0 Å². The minimum Gasteiger partial charge on any atom is -0.399 e. The van der Waals surface area contributed by atoms with Gasteiger partial charge in [-0.15, -0.1) is 0 Å². The molecule has 1 aromatic rings. The van der Waals surface area contributed by atoms with Crippen LogP contribution in [-0.4, -0.2) is 65.9 Å². The van der Waals surface area contributed by atoms with Crippen molar-refractivity contribution in [3.05, 3.63) is 29.8 Å². The van der Waals surface area contributed by atoms with Gasteiger partial charge in [-0.25, -0.2) is 4.79 Å². The fraction of sp³-hybridized carbons (Fsp3) is 0.500. The Hall–Kier alpha value is -2.24. The van der Waals surface area contributed by atoms with Gasteiger partial charge in [-0.2, -0.15) is 0 Å². The van der Waals surface area contributed by atoms with Crippen molar-refractivity contribution in [3.8, 4) is 0 Å². The molecule has 1 saturated heterocycles. The molecule has 0 saturated carbocycles. The van der Waals surface area contributed by atoms with E-state index in [1.807, 2.05) is 18.7 Å². The van der Waals surface area contributed by atoms with E-state index < -0.39 is 0 Å². The second-order valence-electron chi connectivity index (χ2n) is 5.36. The van der Waals surface area contributed by atoms with Crippen molar-refractivity contribution in [2.45, 2.75) is 13.8 Å². The van der Waals surface area contributed by atoms with Gasteiger partial charge in [-0.3, -0.25) is 4.79 Å². The number of anilines is 1. The van der Waals surface area contributed by atoms with Crippen LogP contribution in [0.25, 0.3) is 0 Å². The van der Waals surface area contributed by atoms with Crippen molar-refractivity contribution < 1.29 is 9.59 Å².